The Hall–Kier alpha value is 1.03. The minimum absolute atomic E-state index is 0. The Balaban J connectivity index is -0.00000112. The van der Waals surface area contributed by atoms with Gasteiger partial charge in [0.15, 0.2) is 0 Å². The third-order valence-corrected chi connectivity index (χ3v) is 3.08. The van der Waals surface area contributed by atoms with Crippen LogP contribution in [0, 0.1) is 0 Å². The molecule has 0 spiro atoms. The number of rotatable bonds is 5. The van der Waals surface area contributed by atoms with Crippen LogP contribution in [0.1, 0.15) is 6.92 Å². The fourth-order valence-electron chi connectivity index (χ4n) is 0.563. The van der Waals surface area contributed by atoms with Gasteiger partial charge in [0, 0.05) is 5.57 Å². The molecule has 0 aliphatic carbocycles. The summed E-state index contributed by atoms with van der Waals surface area (Å²) in [5.74, 6) is -2.90. The second kappa shape index (κ2) is 9.06. The van der Waals surface area contributed by atoms with E-state index in [1.165, 1.54) is 0 Å². The largest absolute Gasteiger partial charge is 1.00 e. The van der Waals surface area contributed by atoms with E-state index < -0.39 is 37.4 Å². The van der Waals surface area contributed by atoms with E-state index >= 15 is 0 Å². The van der Waals surface area contributed by atoms with Gasteiger partial charge in [-0.05, 0) is 6.92 Å². The van der Waals surface area contributed by atoms with Crippen LogP contribution in [-0.2, 0) is 29.8 Å². The van der Waals surface area contributed by atoms with E-state index in [-0.39, 0.29) is 64.7 Å². The molecule has 18 heavy (non-hydrogen) atoms. The van der Waals surface area contributed by atoms with Crippen molar-refractivity contribution < 1.29 is 94.6 Å². The maximum atomic E-state index is 10.9. The van der Waals surface area contributed by atoms with Crippen molar-refractivity contribution in [2.24, 2.45) is 0 Å². The molecular formula is C6H8Na2O8S2. The van der Waals surface area contributed by atoms with E-state index in [9.17, 15) is 30.7 Å². The Kier molecular flexibility index (Phi) is 12.1. The first-order valence-electron chi connectivity index (χ1n) is 3.68. The molecule has 0 saturated carbocycles. The standard InChI is InChI=1S/C6H10O8S2.2Na/c1-4(2)6(7)14-5(16(11,12)13)3-15(8,9)10;;/h5H,1,3H2,2H3,(H,8,9,10)(H,11,12,13);;/q;2*+1/p-2. The summed E-state index contributed by atoms with van der Waals surface area (Å²) in [6, 6.07) is 0. The molecule has 8 nitrogen and oxygen atoms in total. The Morgan fingerprint density at radius 2 is 1.61 bits per heavy atom. The van der Waals surface area contributed by atoms with E-state index in [1.807, 2.05) is 0 Å². The van der Waals surface area contributed by atoms with Gasteiger partial charge in [-0.15, -0.1) is 0 Å². The Morgan fingerprint density at radius 3 is 1.83 bits per heavy atom. The van der Waals surface area contributed by atoms with Gasteiger partial charge in [-0.1, -0.05) is 6.58 Å². The van der Waals surface area contributed by atoms with Crippen molar-refractivity contribution >= 4 is 26.2 Å². The number of hydrogen-bond donors (Lipinski definition) is 0. The van der Waals surface area contributed by atoms with Crippen molar-refractivity contribution in [1.82, 2.24) is 0 Å². The van der Waals surface area contributed by atoms with Crippen LogP contribution in [-0.4, -0.2) is 43.1 Å². The molecule has 0 radical (unpaired) electrons. The van der Waals surface area contributed by atoms with Gasteiger partial charge in [-0.2, -0.15) is 0 Å². The van der Waals surface area contributed by atoms with E-state index in [2.05, 4.69) is 11.3 Å². The molecule has 0 amide bonds. The van der Waals surface area contributed by atoms with Gasteiger partial charge in [0.1, 0.15) is 10.1 Å². The topological polar surface area (TPSA) is 141 Å². The molecule has 0 aliphatic rings. The predicted molar refractivity (Wildman–Crippen MR) is 49.0 cm³/mol. The van der Waals surface area contributed by atoms with E-state index in [0.29, 0.717) is 0 Å². The molecule has 1 atom stereocenters. The summed E-state index contributed by atoms with van der Waals surface area (Å²) in [6.07, 6.45) is 0. The molecule has 0 saturated heterocycles. The van der Waals surface area contributed by atoms with Gasteiger partial charge in [0.05, 0.1) is 15.9 Å². The van der Waals surface area contributed by atoms with Crippen LogP contribution in [0.2, 0.25) is 0 Å². The second-order valence-corrected chi connectivity index (χ2v) is 5.79. The number of hydrogen-bond acceptors (Lipinski definition) is 8. The second-order valence-electron chi connectivity index (χ2n) is 2.83. The van der Waals surface area contributed by atoms with Crippen molar-refractivity contribution in [1.29, 1.82) is 0 Å². The molecule has 0 bridgehead atoms. The maximum Gasteiger partial charge on any atom is 1.00 e. The van der Waals surface area contributed by atoms with E-state index in [1.54, 1.807) is 0 Å². The maximum absolute atomic E-state index is 10.9. The van der Waals surface area contributed by atoms with Crippen LogP contribution in [0.4, 0.5) is 0 Å². The van der Waals surface area contributed by atoms with Gasteiger partial charge in [-0.3, -0.25) is 0 Å². The zero-order chi connectivity index (χ0) is 13.1. The van der Waals surface area contributed by atoms with Crippen LogP contribution in [0.3, 0.4) is 0 Å². The van der Waals surface area contributed by atoms with Crippen molar-refractivity contribution in [3.8, 4) is 0 Å². The first kappa shape index (κ1) is 24.1. The van der Waals surface area contributed by atoms with Crippen LogP contribution >= 0.6 is 0 Å². The fourth-order valence-corrected chi connectivity index (χ4v) is 2.34. The summed E-state index contributed by atoms with van der Waals surface area (Å²) in [4.78, 5) is 10.9. The SMILES string of the molecule is C=C(C)C(=O)OC(CS(=O)(=O)[O-])S(=O)(=O)[O-].[Na+].[Na+]. The number of esters is 1. The first-order valence-corrected chi connectivity index (χ1v) is 6.73. The molecule has 0 N–H and O–H groups in total. The monoisotopic (exact) mass is 318 g/mol. The summed E-state index contributed by atoms with van der Waals surface area (Å²) in [5, 5.41) is 0. The molecule has 0 aliphatic heterocycles. The summed E-state index contributed by atoms with van der Waals surface area (Å²) < 4.78 is 66.3. The number of ether oxygens (including phenoxy) is 1. The minimum Gasteiger partial charge on any atom is -0.748 e. The van der Waals surface area contributed by atoms with Crippen LogP contribution in [0.25, 0.3) is 0 Å². The molecule has 1 unspecified atom stereocenters. The minimum atomic E-state index is -5.24. The average molecular weight is 318 g/mol. The molecule has 0 aromatic carbocycles. The van der Waals surface area contributed by atoms with Crippen LogP contribution in [0.15, 0.2) is 12.2 Å². The van der Waals surface area contributed by atoms with Gasteiger partial charge in [0.2, 0.25) is 5.44 Å². The average Bonchev–Trinajstić information content (AvgIpc) is 1.98. The van der Waals surface area contributed by atoms with Gasteiger partial charge < -0.3 is 13.8 Å². The van der Waals surface area contributed by atoms with Crippen molar-refractivity contribution in [3.63, 3.8) is 0 Å². The number of carbonyl (C=O) groups excluding carboxylic acids is 1. The quantitative estimate of drug-likeness (QED) is 0.211. The summed E-state index contributed by atoms with van der Waals surface area (Å²) >= 11 is 0. The molecule has 0 rings (SSSR count). The number of carbonyl (C=O) groups is 1. The third-order valence-electron chi connectivity index (χ3n) is 1.25. The summed E-state index contributed by atoms with van der Waals surface area (Å²) in [6.45, 7) is 4.24. The third kappa shape index (κ3) is 10.9. The zero-order valence-electron chi connectivity index (χ0n) is 10.1. The van der Waals surface area contributed by atoms with Crippen molar-refractivity contribution in [3.05, 3.63) is 12.2 Å². The zero-order valence-corrected chi connectivity index (χ0v) is 15.7. The normalized spacial score (nSPS) is 12.6. The summed E-state index contributed by atoms with van der Waals surface area (Å²) in [7, 11) is -10.3. The molecule has 0 heterocycles. The Bertz CT molecular complexity index is 494. The molecule has 12 heteroatoms. The molecular weight excluding hydrogens is 310 g/mol. The fraction of sp³-hybridized carbons (Fsp3) is 0.500. The molecule has 0 aromatic rings. The van der Waals surface area contributed by atoms with Crippen molar-refractivity contribution in [2.45, 2.75) is 12.4 Å². The van der Waals surface area contributed by atoms with Gasteiger partial charge >= 0.3 is 65.1 Å². The first-order chi connectivity index (χ1) is 6.93. The van der Waals surface area contributed by atoms with Gasteiger partial charge in [0.25, 0.3) is 0 Å². The van der Waals surface area contributed by atoms with Gasteiger partial charge in [-0.25, -0.2) is 21.6 Å². The van der Waals surface area contributed by atoms with Crippen molar-refractivity contribution in [2.75, 3.05) is 5.75 Å². The van der Waals surface area contributed by atoms with Crippen LogP contribution < -0.4 is 59.1 Å². The van der Waals surface area contributed by atoms with Crippen LogP contribution in [0.5, 0.6) is 0 Å². The Labute approximate surface area is 149 Å². The predicted octanol–water partition coefficient (Wildman–Crippen LogP) is -7.47. The van der Waals surface area contributed by atoms with E-state index in [0.717, 1.165) is 6.92 Å². The molecule has 0 aromatic heterocycles. The Morgan fingerprint density at radius 1 is 1.22 bits per heavy atom. The van der Waals surface area contributed by atoms with E-state index in [4.69, 9.17) is 0 Å². The molecule has 0 fully saturated rings. The summed E-state index contributed by atoms with van der Waals surface area (Å²) in [5.41, 5.74) is -2.80. The smallest absolute Gasteiger partial charge is 0.748 e. The molecule has 94 valence electrons.